The highest BCUT2D eigenvalue weighted by Crippen LogP contribution is 2.52. The quantitative estimate of drug-likeness (QED) is 0.127. The molecule has 0 aromatic carbocycles. The molecule has 198 valence electrons. The molecule has 2 aliphatic rings. The Morgan fingerprint density at radius 1 is 0.676 bits per heavy atom. The number of ether oxygens (including phenoxy) is 2. The van der Waals surface area contributed by atoms with E-state index in [1.54, 1.807) is 0 Å². The van der Waals surface area contributed by atoms with Crippen LogP contribution in [0.25, 0.3) is 0 Å². The SMILES string of the molecule is CC(C)CCCCCCOC(=O)C1(C(=O)OCCCCCCC(C)C)CCCC2CCCCC21. The topological polar surface area (TPSA) is 52.6 Å². The number of hydrogen-bond acceptors (Lipinski definition) is 4. The Labute approximate surface area is 210 Å². The zero-order valence-electron chi connectivity index (χ0n) is 22.9. The second-order valence-corrected chi connectivity index (χ2v) is 12.0. The van der Waals surface area contributed by atoms with Gasteiger partial charge in [-0.2, -0.15) is 0 Å². The van der Waals surface area contributed by atoms with E-state index >= 15 is 0 Å². The highest BCUT2D eigenvalue weighted by atomic mass is 16.6. The van der Waals surface area contributed by atoms with E-state index in [0.29, 0.717) is 25.6 Å². The molecular weight excluding hydrogens is 424 g/mol. The average Bonchev–Trinajstić information content (AvgIpc) is 2.81. The Morgan fingerprint density at radius 3 is 1.68 bits per heavy atom. The molecule has 0 aromatic heterocycles. The van der Waals surface area contributed by atoms with E-state index in [1.165, 1.54) is 44.9 Å². The summed E-state index contributed by atoms with van der Waals surface area (Å²) in [6.45, 7) is 9.91. The maximum atomic E-state index is 13.5. The summed E-state index contributed by atoms with van der Waals surface area (Å²) in [7, 11) is 0. The fourth-order valence-electron chi connectivity index (χ4n) is 6.22. The molecule has 2 atom stereocenters. The zero-order valence-corrected chi connectivity index (χ0v) is 22.9. The number of rotatable bonds is 16. The summed E-state index contributed by atoms with van der Waals surface area (Å²) in [5, 5.41) is 0. The molecule has 2 aliphatic carbocycles. The molecule has 4 heteroatoms. The van der Waals surface area contributed by atoms with Gasteiger partial charge in [0.15, 0.2) is 5.41 Å². The molecule has 0 heterocycles. The lowest BCUT2D eigenvalue weighted by Gasteiger charge is -2.46. The third-order valence-electron chi connectivity index (χ3n) is 8.23. The molecule has 0 N–H and O–H groups in total. The van der Waals surface area contributed by atoms with Gasteiger partial charge >= 0.3 is 11.9 Å². The van der Waals surface area contributed by atoms with Crippen LogP contribution in [-0.4, -0.2) is 25.2 Å². The lowest BCUT2D eigenvalue weighted by Crippen LogP contribution is -2.53. The van der Waals surface area contributed by atoms with Crippen molar-refractivity contribution in [3.05, 3.63) is 0 Å². The van der Waals surface area contributed by atoms with Crippen LogP contribution < -0.4 is 0 Å². The second kappa shape index (κ2) is 15.8. The summed E-state index contributed by atoms with van der Waals surface area (Å²) in [5.41, 5.74) is -1.06. The number of carbonyl (C=O) groups is 2. The molecule has 0 aromatic rings. The van der Waals surface area contributed by atoms with Gasteiger partial charge in [-0.3, -0.25) is 9.59 Å². The van der Waals surface area contributed by atoms with E-state index in [9.17, 15) is 9.59 Å². The van der Waals surface area contributed by atoms with E-state index in [-0.39, 0.29) is 17.9 Å². The number of carbonyl (C=O) groups excluding carboxylic acids is 2. The first kappa shape index (κ1) is 29.2. The van der Waals surface area contributed by atoms with Crippen LogP contribution in [0.4, 0.5) is 0 Å². The third kappa shape index (κ3) is 9.19. The lowest BCUT2D eigenvalue weighted by molar-refractivity contribution is -0.184. The molecule has 0 radical (unpaired) electrons. The Bertz CT molecular complexity index is 546. The van der Waals surface area contributed by atoms with Crippen LogP contribution in [-0.2, 0) is 19.1 Å². The van der Waals surface area contributed by atoms with Gasteiger partial charge in [0.05, 0.1) is 13.2 Å². The molecule has 4 nitrogen and oxygen atoms in total. The molecule has 2 saturated carbocycles. The van der Waals surface area contributed by atoms with Gasteiger partial charge in [-0.05, 0) is 49.4 Å². The zero-order chi connectivity index (χ0) is 24.8. The minimum absolute atomic E-state index is 0.104. The molecule has 2 fully saturated rings. The predicted octanol–water partition coefficient (Wildman–Crippen LogP) is 8.26. The number of esters is 2. The molecular formula is C30H54O4. The van der Waals surface area contributed by atoms with E-state index in [4.69, 9.17) is 9.47 Å². The van der Waals surface area contributed by atoms with Crippen LogP contribution >= 0.6 is 0 Å². The summed E-state index contributed by atoms with van der Waals surface area (Å²) < 4.78 is 11.6. The van der Waals surface area contributed by atoms with Crippen molar-refractivity contribution in [2.24, 2.45) is 29.1 Å². The molecule has 0 bridgehead atoms. The van der Waals surface area contributed by atoms with Crippen molar-refractivity contribution in [3.63, 3.8) is 0 Å². The van der Waals surface area contributed by atoms with Gasteiger partial charge in [-0.15, -0.1) is 0 Å². The first-order chi connectivity index (χ1) is 16.4. The normalized spacial score (nSPS) is 21.9. The van der Waals surface area contributed by atoms with Gasteiger partial charge in [-0.1, -0.05) is 111 Å². The van der Waals surface area contributed by atoms with Crippen LogP contribution in [0.2, 0.25) is 0 Å². The number of unbranched alkanes of at least 4 members (excludes halogenated alkanes) is 6. The minimum Gasteiger partial charge on any atom is -0.465 e. The van der Waals surface area contributed by atoms with Crippen molar-refractivity contribution in [3.8, 4) is 0 Å². The largest absolute Gasteiger partial charge is 0.465 e. The molecule has 0 saturated heterocycles. The number of fused-ring (bicyclic) bond motifs is 1. The van der Waals surface area contributed by atoms with Gasteiger partial charge in [0, 0.05) is 0 Å². The summed E-state index contributed by atoms with van der Waals surface area (Å²) in [5.74, 6) is 1.50. The molecule has 34 heavy (non-hydrogen) atoms. The Hall–Kier alpha value is -1.06. The van der Waals surface area contributed by atoms with E-state index in [2.05, 4.69) is 27.7 Å². The summed E-state index contributed by atoms with van der Waals surface area (Å²) in [4.78, 5) is 27.0. The molecule has 2 unspecified atom stereocenters. The van der Waals surface area contributed by atoms with Crippen LogP contribution in [0.3, 0.4) is 0 Å². The summed E-state index contributed by atoms with van der Waals surface area (Å²) in [6, 6.07) is 0. The van der Waals surface area contributed by atoms with Crippen molar-refractivity contribution >= 4 is 11.9 Å². The van der Waals surface area contributed by atoms with Crippen LogP contribution in [0.5, 0.6) is 0 Å². The van der Waals surface area contributed by atoms with Crippen molar-refractivity contribution in [1.29, 1.82) is 0 Å². The van der Waals surface area contributed by atoms with Gasteiger partial charge in [0.25, 0.3) is 0 Å². The summed E-state index contributed by atoms with van der Waals surface area (Å²) >= 11 is 0. The Balaban J connectivity index is 1.88. The van der Waals surface area contributed by atoms with Crippen molar-refractivity contribution in [2.75, 3.05) is 13.2 Å². The van der Waals surface area contributed by atoms with Crippen molar-refractivity contribution in [2.45, 2.75) is 137 Å². The Kier molecular flexibility index (Phi) is 13.6. The summed E-state index contributed by atoms with van der Waals surface area (Å²) in [6.07, 6.45) is 18.4. The lowest BCUT2D eigenvalue weighted by atomic mass is 9.57. The minimum atomic E-state index is -1.06. The smallest absolute Gasteiger partial charge is 0.323 e. The van der Waals surface area contributed by atoms with Gasteiger partial charge < -0.3 is 9.47 Å². The maximum absolute atomic E-state index is 13.5. The van der Waals surface area contributed by atoms with Crippen LogP contribution in [0.15, 0.2) is 0 Å². The maximum Gasteiger partial charge on any atom is 0.323 e. The average molecular weight is 479 g/mol. The van der Waals surface area contributed by atoms with Crippen LogP contribution in [0.1, 0.15) is 137 Å². The molecule has 2 rings (SSSR count). The van der Waals surface area contributed by atoms with E-state index < -0.39 is 5.41 Å². The van der Waals surface area contributed by atoms with Gasteiger partial charge in [-0.25, -0.2) is 0 Å². The van der Waals surface area contributed by atoms with Crippen LogP contribution in [0, 0.1) is 29.1 Å². The highest BCUT2D eigenvalue weighted by Gasteiger charge is 2.58. The fraction of sp³-hybridized carbons (Fsp3) is 0.933. The van der Waals surface area contributed by atoms with Crippen molar-refractivity contribution in [1.82, 2.24) is 0 Å². The third-order valence-corrected chi connectivity index (χ3v) is 8.23. The van der Waals surface area contributed by atoms with E-state index in [0.717, 1.165) is 69.6 Å². The standard InChI is InChI=1S/C30H54O4/c1-24(2)16-9-5-7-13-22-33-28(31)30(21-15-19-26-18-11-12-20-27(26)30)29(32)34-23-14-8-6-10-17-25(3)4/h24-27H,5-23H2,1-4H3. The fourth-order valence-corrected chi connectivity index (χ4v) is 6.22. The molecule has 0 amide bonds. The van der Waals surface area contributed by atoms with Crippen molar-refractivity contribution < 1.29 is 19.1 Å². The Morgan fingerprint density at radius 2 is 1.15 bits per heavy atom. The molecule has 0 aliphatic heterocycles. The van der Waals surface area contributed by atoms with E-state index in [1.807, 2.05) is 0 Å². The molecule has 0 spiro atoms. The highest BCUT2D eigenvalue weighted by molar-refractivity contribution is 6.00. The first-order valence-electron chi connectivity index (χ1n) is 14.7. The van der Waals surface area contributed by atoms with Gasteiger partial charge in [0.2, 0.25) is 0 Å². The number of hydrogen-bond donors (Lipinski definition) is 0. The second-order valence-electron chi connectivity index (χ2n) is 12.0. The monoisotopic (exact) mass is 478 g/mol. The first-order valence-corrected chi connectivity index (χ1v) is 14.7. The predicted molar refractivity (Wildman–Crippen MR) is 139 cm³/mol. The van der Waals surface area contributed by atoms with Gasteiger partial charge in [0.1, 0.15) is 0 Å².